The summed E-state index contributed by atoms with van der Waals surface area (Å²) < 4.78 is 17.0. The molecule has 3 amide bonds. The molecule has 180 valence electrons. The van der Waals surface area contributed by atoms with Crippen LogP contribution in [-0.2, 0) is 9.53 Å². The lowest BCUT2D eigenvalue weighted by Crippen LogP contribution is -2.53. The third kappa shape index (κ3) is 5.23. The van der Waals surface area contributed by atoms with Crippen molar-refractivity contribution in [2.24, 2.45) is 0 Å². The largest absolute Gasteiger partial charge is 0.497 e. The van der Waals surface area contributed by atoms with Gasteiger partial charge >= 0.3 is 12.0 Å². The average Bonchev–Trinajstić information content (AvgIpc) is 2.81. The summed E-state index contributed by atoms with van der Waals surface area (Å²) in [6.07, 6.45) is 0.254. The lowest BCUT2D eigenvalue weighted by atomic mass is 9.94. The van der Waals surface area contributed by atoms with Crippen molar-refractivity contribution in [2.75, 3.05) is 31.4 Å². The van der Waals surface area contributed by atoms with Gasteiger partial charge in [0.25, 0.3) is 5.91 Å². The molecule has 2 aliphatic rings. The Morgan fingerprint density at radius 3 is 2.65 bits per heavy atom. The normalized spacial score (nSPS) is 21.8. The van der Waals surface area contributed by atoms with Crippen molar-refractivity contribution in [1.82, 2.24) is 4.90 Å². The van der Waals surface area contributed by atoms with E-state index in [0.29, 0.717) is 41.3 Å². The Hall–Kier alpha value is -3.79. The van der Waals surface area contributed by atoms with Gasteiger partial charge in [-0.3, -0.25) is 9.59 Å². The molecule has 3 atom stereocenters. The zero-order chi connectivity index (χ0) is 24.2. The Balaban J connectivity index is 1.47. The molecule has 0 radical (unpaired) electrons. The molecule has 0 saturated carbocycles. The number of amides is 3. The Morgan fingerprint density at radius 1 is 1.15 bits per heavy atom. The third-order valence-corrected chi connectivity index (χ3v) is 6.00. The fraction of sp³-hybridized carbons (Fsp3) is 0.375. The van der Waals surface area contributed by atoms with Crippen LogP contribution in [0.25, 0.3) is 0 Å². The molecule has 2 aromatic rings. The van der Waals surface area contributed by atoms with Crippen molar-refractivity contribution in [2.45, 2.75) is 37.5 Å². The maximum Gasteiger partial charge on any atom is 0.323 e. The standard InChI is InChI=1S/C24H27N3O7/c1-27-19-8-7-17(12-22(28)29)34-21(19)13-33-20-9-6-15(11-18(20)23(27)30)26-24(31)25-14-4-3-5-16(10-14)32-2/h3-6,9-11,17,19,21H,7-8,12-13H2,1-2H3,(H,28,29)(H2,25,26,31)/t17-,19+,21-/m1/s1. The van der Waals surface area contributed by atoms with Gasteiger partial charge in [0.05, 0.1) is 31.2 Å². The van der Waals surface area contributed by atoms with Gasteiger partial charge in [0.1, 0.15) is 24.2 Å². The molecule has 0 aromatic heterocycles. The first kappa shape index (κ1) is 23.4. The molecule has 4 rings (SSSR count). The molecule has 0 unspecified atom stereocenters. The Bertz CT molecular complexity index is 1090. The highest BCUT2D eigenvalue weighted by molar-refractivity contribution is 6.02. The first-order chi connectivity index (χ1) is 16.3. The fourth-order valence-corrected chi connectivity index (χ4v) is 4.29. The van der Waals surface area contributed by atoms with Crippen molar-refractivity contribution in [1.29, 1.82) is 0 Å². The quantitative estimate of drug-likeness (QED) is 0.614. The molecule has 10 heteroatoms. The molecule has 0 spiro atoms. The number of anilines is 2. The summed E-state index contributed by atoms with van der Waals surface area (Å²) in [5.74, 6) is -0.190. The topological polar surface area (TPSA) is 126 Å². The van der Waals surface area contributed by atoms with E-state index < -0.39 is 24.2 Å². The molecule has 1 fully saturated rings. The minimum absolute atomic E-state index is 0.0790. The molecule has 2 aromatic carbocycles. The van der Waals surface area contributed by atoms with Crippen molar-refractivity contribution < 1.29 is 33.7 Å². The van der Waals surface area contributed by atoms with Crippen LogP contribution in [0.4, 0.5) is 16.2 Å². The highest BCUT2D eigenvalue weighted by Crippen LogP contribution is 2.32. The third-order valence-electron chi connectivity index (χ3n) is 6.00. The second-order valence-electron chi connectivity index (χ2n) is 8.29. The molecule has 2 aliphatic heterocycles. The van der Waals surface area contributed by atoms with Gasteiger partial charge in [0.2, 0.25) is 0 Å². The van der Waals surface area contributed by atoms with Crippen molar-refractivity contribution in [3.63, 3.8) is 0 Å². The molecule has 10 nitrogen and oxygen atoms in total. The zero-order valence-electron chi connectivity index (χ0n) is 18.9. The average molecular weight is 469 g/mol. The number of fused-ring (bicyclic) bond motifs is 2. The number of carboxylic acid groups (broad SMARTS) is 1. The number of nitrogens with one attached hydrogen (secondary N) is 2. The van der Waals surface area contributed by atoms with Crippen LogP contribution in [0.2, 0.25) is 0 Å². The van der Waals surface area contributed by atoms with E-state index in [4.69, 9.17) is 19.3 Å². The molecule has 1 saturated heterocycles. The van der Waals surface area contributed by atoms with E-state index in [2.05, 4.69) is 10.6 Å². The van der Waals surface area contributed by atoms with Crippen molar-refractivity contribution in [3.8, 4) is 11.5 Å². The van der Waals surface area contributed by atoms with Crippen LogP contribution < -0.4 is 20.1 Å². The first-order valence-corrected chi connectivity index (χ1v) is 11.0. The lowest BCUT2D eigenvalue weighted by Gasteiger charge is -2.42. The summed E-state index contributed by atoms with van der Waals surface area (Å²) in [6.45, 7) is 0.189. The number of methoxy groups -OCH3 is 1. The van der Waals surface area contributed by atoms with Gasteiger partial charge in [-0.15, -0.1) is 0 Å². The molecular weight excluding hydrogens is 442 g/mol. The van der Waals surface area contributed by atoms with Gasteiger partial charge in [-0.05, 0) is 43.2 Å². The van der Waals surface area contributed by atoms with Crippen LogP contribution in [0, 0.1) is 0 Å². The van der Waals surface area contributed by atoms with Gasteiger partial charge in [-0.1, -0.05) is 6.07 Å². The number of carbonyl (C=O) groups excluding carboxylic acids is 2. The van der Waals surface area contributed by atoms with E-state index >= 15 is 0 Å². The predicted molar refractivity (Wildman–Crippen MR) is 124 cm³/mol. The van der Waals surface area contributed by atoms with Crippen molar-refractivity contribution in [3.05, 3.63) is 48.0 Å². The van der Waals surface area contributed by atoms with Crippen molar-refractivity contribution >= 4 is 29.3 Å². The van der Waals surface area contributed by atoms with E-state index in [1.807, 2.05) is 0 Å². The van der Waals surface area contributed by atoms with Gasteiger partial charge in [0, 0.05) is 24.5 Å². The Labute approximate surface area is 196 Å². The number of benzene rings is 2. The summed E-state index contributed by atoms with van der Waals surface area (Å²) in [6, 6.07) is 11.1. The molecule has 0 aliphatic carbocycles. The number of likely N-dealkylation sites (N-methyl/N-ethyl adjacent to an activating group) is 1. The van der Waals surface area contributed by atoms with Gasteiger partial charge in [-0.2, -0.15) is 0 Å². The fourth-order valence-electron chi connectivity index (χ4n) is 4.29. The van der Waals surface area contributed by atoms with E-state index in [9.17, 15) is 14.4 Å². The number of carboxylic acids is 1. The van der Waals surface area contributed by atoms with E-state index in [-0.39, 0.29) is 25.0 Å². The maximum atomic E-state index is 13.3. The number of aliphatic carboxylic acids is 1. The Morgan fingerprint density at radius 2 is 1.91 bits per heavy atom. The maximum absolute atomic E-state index is 13.3. The molecular formula is C24H27N3O7. The van der Waals surface area contributed by atoms with Crippen LogP contribution in [0.3, 0.4) is 0 Å². The van der Waals surface area contributed by atoms with Crippen LogP contribution in [0.1, 0.15) is 29.6 Å². The van der Waals surface area contributed by atoms with Gasteiger partial charge in [-0.25, -0.2) is 4.79 Å². The number of hydrogen-bond acceptors (Lipinski definition) is 6. The Kier molecular flexibility index (Phi) is 6.87. The summed E-state index contributed by atoms with van der Waals surface area (Å²) in [7, 11) is 3.24. The summed E-state index contributed by atoms with van der Waals surface area (Å²) in [5.41, 5.74) is 1.32. The number of rotatable bonds is 5. The number of urea groups is 1. The van der Waals surface area contributed by atoms with Gasteiger partial charge < -0.3 is 34.9 Å². The SMILES string of the molecule is COc1cccc(NC(=O)Nc2ccc3c(c2)C(=O)N(C)[C@H]2CC[C@H](CC(=O)O)O[C@@H]2CO3)c1. The van der Waals surface area contributed by atoms with Crippen LogP contribution in [0.5, 0.6) is 11.5 Å². The smallest absolute Gasteiger partial charge is 0.323 e. The second kappa shape index (κ2) is 10.0. The number of hydrogen-bond donors (Lipinski definition) is 3. The summed E-state index contributed by atoms with van der Waals surface area (Å²) in [4.78, 5) is 38.4. The highest BCUT2D eigenvalue weighted by atomic mass is 16.5. The predicted octanol–water partition coefficient (Wildman–Crippen LogP) is 3.19. The van der Waals surface area contributed by atoms with Gasteiger partial charge in [0.15, 0.2) is 0 Å². The summed E-state index contributed by atoms with van der Waals surface area (Å²) >= 11 is 0. The number of ether oxygens (including phenoxy) is 3. The highest BCUT2D eigenvalue weighted by Gasteiger charge is 2.39. The van der Waals surface area contributed by atoms with Crippen LogP contribution >= 0.6 is 0 Å². The van der Waals surface area contributed by atoms with E-state index in [1.54, 1.807) is 61.5 Å². The number of nitrogens with zero attached hydrogens (tertiary/aromatic N) is 1. The first-order valence-electron chi connectivity index (χ1n) is 11.0. The minimum Gasteiger partial charge on any atom is -0.497 e. The molecule has 2 heterocycles. The van der Waals surface area contributed by atoms with Crippen LogP contribution in [0.15, 0.2) is 42.5 Å². The molecule has 34 heavy (non-hydrogen) atoms. The van der Waals surface area contributed by atoms with Crippen LogP contribution in [-0.4, -0.2) is 66.9 Å². The molecule has 0 bridgehead atoms. The lowest BCUT2D eigenvalue weighted by molar-refractivity contribution is -0.148. The minimum atomic E-state index is -0.916. The molecule has 3 N–H and O–H groups in total. The summed E-state index contributed by atoms with van der Waals surface area (Å²) in [5, 5.41) is 14.5. The number of carbonyl (C=O) groups is 3. The zero-order valence-corrected chi connectivity index (χ0v) is 18.9. The second-order valence-corrected chi connectivity index (χ2v) is 8.29. The van der Waals surface area contributed by atoms with E-state index in [0.717, 1.165) is 0 Å². The monoisotopic (exact) mass is 469 g/mol. The van der Waals surface area contributed by atoms with E-state index in [1.165, 1.54) is 0 Å².